The fourth-order valence-corrected chi connectivity index (χ4v) is 2.52. The van der Waals surface area contributed by atoms with Crippen LogP contribution in [-0.4, -0.2) is 22.0 Å². The average Bonchev–Trinajstić information content (AvgIpc) is 3.13. The predicted molar refractivity (Wildman–Crippen MR) is 102 cm³/mol. The van der Waals surface area contributed by atoms with Gasteiger partial charge in [0.05, 0.1) is 0 Å². The van der Waals surface area contributed by atoms with E-state index in [1.165, 1.54) is 6.92 Å². The van der Waals surface area contributed by atoms with Crippen LogP contribution in [0.2, 0.25) is 0 Å². The van der Waals surface area contributed by atoms with Crippen molar-refractivity contribution in [2.75, 3.05) is 10.6 Å². The molecule has 0 aliphatic carbocycles. The van der Waals surface area contributed by atoms with Crippen molar-refractivity contribution >= 4 is 23.2 Å². The van der Waals surface area contributed by atoms with Crippen molar-refractivity contribution in [3.63, 3.8) is 0 Å². The van der Waals surface area contributed by atoms with Gasteiger partial charge < -0.3 is 15.2 Å². The standard InChI is InChI=1S/C20H20N4O3/c1-14(25)21-16-10-12-17(13-11-16)22-18(26)8-5-9-19-23-20(24-27-19)15-6-3-2-4-7-15/h2-4,6-7,10-13H,5,8-9H2,1H3,(H,21,25)(H,22,26). The lowest BCUT2D eigenvalue weighted by atomic mass is 10.2. The van der Waals surface area contributed by atoms with Crippen molar-refractivity contribution in [1.82, 2.24) is 10.1 Å². The van der Waals surface area contributed by atoms with E-state index in [1.807, 2.05) is 30.3 Å². The first-order valence-electron chi connectivity index (χ1n) is 8.65. The van der Waals surface area contributed by atoms with Crippen LogP contribution in [-0.2, 0) is 16.0 Å². The molecule has 2 aromatic carbocycles. The molecule has 2 N–H and O–H groups in total. The van der Waals surface area contributed by atoms with Gasteiger partial charge in [-0.2, -0.15) is 4.98 Å². The monoisotopic (exact) mass is 364 g/mol. The Hall–Kier alpha value is -3.48. The van der Waals surface area contributed by atoms with Crippen LogP contribution in [0.3, 0.4) is 0 Å². The maximum absolute atomic E-state index is 12.0. The SMILES string of the molecule is CC(=O)Nc1ccc(NC(=O)CCCc2nc(-c3ccccc3)no2)cc1. The van der Waals surface area contributed by atoms with Gasteiger partial charge in [-0.1, -0.05) is 35.5 Å². The number of hydrogen-bond acceptors (Lipinski definition) is 5. The first kappa shape index (κ1) is 18.3. The number of anilines is 2. The number of amides is 2. The number of aryl methyl sites for hydroxylation is 1. The molecule has 0 saturated heterocycles. The van der Waals surface area contributed by atoms with Gasteiger partial charge in [-0.3, -0.25) is 9.59 Å². The topological polar surface area (TPSA) is 97.1 Å². The van der Waals surface area contributed by atoms with E-state index in [2.05, 4.69) is 20.8 Å². The molecule has 0 radical (unpaired) electrons. The molecule has 0 fully saturated rings. The zero-order chi connectivity index (χ0) is 19.1. The van der Waals surface area contributed by atoms with Crippen LogP contribution >= 0.6 is 0 Å². The Kier molecular flexibility index (Phi) is 5.94. The van der Waals surface area contributed by atoms with Crippen LogP contribution in [0, 0.1) is 0 Å². The summed E-state index contributed by atoms with van der Waals surface area (Å²) in [6.45, 7) is 1.45. The number of carbonyl (C=O) groups is 2. The maximum atomic E-state index is 12.0. The molecule has 0 saturated carbocycles. The Labute approximate surface area is 156 Å². The second kappa shape index (κ2) is 8.75. The molecule has 3 aromatic rings. The Bertz CT molecular complexity index is 904. The average molecular weight is 364 g/mol. The zero-order valence-electron chi connectivity index (χ0n) is 14.9. The lowest BCUT2D eigenvalue weighted by Gasteiger charge is -2.06. The number of nitrogens with one attached hydrogen (secondary N) is 2. The zero-order valence-corrected chi connectivity index (χ0v) is 14.9. The van der Waals surface area contributed by atoms with E-state index in [0.29, 0.717) is 42.4 Å². The van der Waals surface area contributed by atoms with Gasteiger partial charge in [-0.05, 0) is 30.7 Å². The molecule has 7 heteroatoms. The van der Waals surface area contributed by atoms with Gasteiger partial charge in [-0.25, -0.2) is 0 Å². The van der Waals surface area contributed by atoms with Crippen molar-refractivity contribution in [2.24, 2.45) is 0 Å². The highest BCUT2D eigenvalue weighted by molar-refractivity contribution is 5.92. The summed E-state index contributed by atoms with van der Waals surface area (Å²) in [7, 11) is 0. The molecule has 0 bridgehead atoms. The summed E-state index contributed by atoms with van der Waals surface area (Å²) in [6, 6.07) is 16.5. The van der Waals surface area contributed by atoms with Crippen LogP contribution in [0.25, 0.3) is 11.4 Å². The Balaban J connectivity index is 1.44. The minimum atomic E-state index is -0.136. The highest BCUT2D eigenvalue weighted by Gasteiger charge is 2.09. The minimum Gasteiger partial charge on any atom is -0.339 e. The summed E-state index contributed by atoms with van der Waals surface area (Å²) in [6.07, 6.45) is 1.48. The molecule has 1 aromatic heterocycles. The summed E-state index contributed by atoms with van der Waals surface area (Å²) in [5.41, 5.74) is 2.26. The fourth-order valence-electron chi connectivity index (χ4n) is 2.52. The van der Waals surface area contributed by atoms with Crippen LogP contribution in [0.4, 0.5) is 11.4 Å². The van der Waals surface area contributed by atoms with Crippen LogP contribution < -0.4 is 10.6 Å². The van der Waals surface area contributed by atoms with Gasteiger partial charge in [0.15, 0.2) is 0 Å². The van der Waals surface area contributed by atoms with Gasteiger partial charge in [0.1, 0.15) is 0 Å². The maximum Gasteiger partial charge on any atom is 0.226 e. The van der Waals surface area contributed by atoms with E-state index >= 15 is 0 Å². The van der Waals surface area contributed by atoms with Crippen molar-refractivity contribution in [1.29, 1.82) is 0 Å². The lowest BCUT2D eigenvalue weighted by Crippen LogP contribution is -2.11. The molecule has 27 heavy (non-hydrogen) atoms. The number of hydrogen-bond donors (Lipinski definition) is 2. The van der Waals surface area contributed by atoms with E-state index in [9.17, 15) is 9.59 Å². The molecule has 3 rings (SSSR count). The van der Waals surface area contributed by atoms with Crippen LogP contribution in [0.15, 0.2) is 59.1 Å². The summed E-state index contributed by atoms with van der Waals surface area (Å²) in [5.74, 6) is 0.837. The molecule has 0 aliphatic rings. The Morgan fingerprint density at radius 2 is 1.63 bits per heavy atom. The van der Waals surface area contributed by atoms with E-state index < -0.39 is 0 Å². The molecule has 7 nitrogen and oxygen atoms in total. The van der Waals surface area contributed by atoms with Gasteiger partial charge in [-0.15, -0.1) is 0 Å². The van der Waals surface area contributed by atoms with Crippen molar-refractivity contribution in [3.8, 4) is 11.4 Å². The molecule has 1 heterocycles. The fraction of sp³-hybridized carbons (Fsp3) is 0.200. The Morgan fingerprint density at radius 3 is 2.30 bits per heavy atom. The van der Waals surface area contributed by atoms with E-state index in [1.54, 1.807) is 24.3 Å². The molecule has 0 atom stereocenters. The Morgan fingerprint density at radius 1 is 0.963 bits per heavy atom. The summed E-state index contributed by atoms with van der Waals surface area (Å²) >= 11 is 0. The van der Waals surface area contributed by atoms with Crippen LogP contribution in [0.5, 0.6) is 0 Å². The molecule has 0 unspecified atom stereocenters. The highest BCUT2D eigenvalue weighted by Crippen LogP contribution is 2.16. The number of nitrogens with zero attached hydrogens (tertiary/aromatic N) is 2. The normalized spacial score (nSPS) is 10.4. The number of benzene rings is 2. The summed E-state index contributed by atoms with van der Waals surface area (Å²) in [4.78, 5) is 27.4. The molecule has 0 spiro atoms. The first-order valence-corrected chi connectivity index (χ1v) is 8.65. The third-order valence-corrected chi connectivity index (χ3v) is 3.78. The van der Waals surface area contributed by atoms with Gasteiger partial charge in [0.25, 0.3) is 0 Å². The highest BCUT2D eigenvalue weighted by atomic mass is 16.5. The smallest absolute Gasteiger partial charge is 0.226 e. The summed E-state index contributed by atoms with van der Waals surface area (Å²) < 4.78 is 5.24. The first-order chi connectivity index (χ1) is 13.1. The molecular weight excluding hydrogens is 344 g/mol. The largest absolute Gasteiger partial charge is 0.339 e. The number of rotatable bonds is 7. The predicted octanol–water partition coefficient (Wildman–Crippen LogP) is 3.66. The quantitative estimate of drug-likeness (QED) is 0.667. The third kappa shape index (κ3) is 5.50. The van der Waals surface area contributed by atoms with Gasteiger partial charge in [0, 0.05) is 36.7 Å². The number of carbonyl (C=O) groups excluding carboxylic acids is 2. The molecule has 2 amide bonds. The van der Waals surface area contributed by atoms with E-state index in [-0.39, 0.29) is 11.8 Å². The molecule has 138 valence electrons. The van der Waals surface area contributed by atoms with E-state index in [0.717, 1.165) is 5.56 Å². The van der Waals surface area contributed by atoms with E-state index in [4.69, 9.17) is 4.52 Å². The van der Waals surface area contributed by atoms with Crippen molar-refractivity contribution in [3.05, 3.63) is 60.5 Å². The van der Waals surface area contributed by atoms with Gasteiger partial charge in [0.2, 0.25) is 23.5 Å². The molecule has 0 aliphatic heterocycles. The lowest BCUT2D eigenvalue weighted by molar-refractivity contribution is -0.116. The minimum absolute atomic E-state index is 0.0925. The second-order valence-electron chi connectivity index (χ2n) is 6.04. The van der Waals surface area contributed by atoms with Crippen molar-refractivity contribution < 1.29 is 14.1 Å². The third-order valence-electron chi connectivity index (χ3n) is 3.78. The second-order valence-corrected chi connectivity index (χ2v) is 6.04. The molecular formula is C20H20N4O3. The van der Waals surface area contributed by atoms with Crippen LogP contribution in [0.1, 0.15) is 25.7 Å². The summed E-state index contributed by atoms with van der Waals surface area (Å²) in [5, 5.41) is 9.46. The number of aromatic nitrogens is 2. The van der Waals surface area contributed by atoms with Gasteiger partial charge >= 0.3 is 0 Å². The van der Waals surface area contributed by atoms with Crippen molar-refractivity contribution in [2.45, 2.75) is 26.2 Å².